The number of amides is 1. The summed E-state index contributed by atoms with van der Waals surface area (Å²) in [4.78, 5) is 12.6. The summed E-state index contributed by atoms with van der Waals surface area (Å²) < 4.78 is 39.4. The van der Waals surface area contributed by atoms with Crippen LogP contribution in [0.15, 0.2) is 54.6 Å². The summed E-state index contributed by atoms with van der Waals surface area (Å²) in [6.07, 6.45) is 2.46. The number of nitrogens with one attached hydrogen (secondary N) is 1. The third-order valence-electron chi connectivity index (χ3n) is 4.28. The Morgan fingerprint density at radius 2 is 1.67 bits per heavy atom. The van der Waals surface area contributed by atoms with E-state index in [9.17, 15) is 17.6 Å². The summed E-state index contributed by atoms with van der Waals surface area (Å²) >= 11 is 0. The van der Waals surface area contributed by atoms with Gasteiger partial charge in [0.05, 0.1) is 11.9 Å². The van der Waals surface area contributed by atoms with Gasteiger partial charge in [0.2, 0.25) is 15.9 Å². The van der Waals surface area contributed by atoms with Gasteiger partial charge >= 0.3 is 0 Å². The number of benzene rings is 2. The quantitative estimate of drug-likeness (QED) is 0.751. The molecule has 0 saturated heterocycles. The molecule has 0 fully saturated rings. The molecule has 0 aliphatic rings. The second-order valence-corrected chi connectivity index (χ2v) is 8.48. The molecule has 2 aromatic rings. The fraction of sp³-hybridized carbons (Fsp3) is 0.350. The Hall–Kier alpha value is -2.41. The Balaban J connectivity index is 2.07. The van der Waals surface area contributed by atoms with E-state index in [4.69, 9.17) is 0 Å². The number of nitrogens with zero attached hydrogens (tertiary/aromatic N) is 1. The summed E-state index contributed by atoms with van der Waals surface area (Å²) in [5.74, 6) is -1.16. The van der Waals surface area contributed by atoms with Gasteiger partial charge in [-0.1, -0.05) is 42.5 Å². The zero-order valence-corrected chi connectivity index (χ0v) is 16.5. The zero-order chi connectivity index (χ0) is 20.0. The fourth-order valence-electron chi connectivity index (χ4n) is 2.87. The topological polar surface area (TPSA) is 66.5 Å². The predicted molar refractivity (Wildman–Crippen MR) is 106 cm³/mol. The highest BCUT2D eigenvalue weighted by molar-refractivity contribution is 7.92. The minimum atomic E-state index is -3.84. The minimum Gasteiger partial charge on any atom is -0.352 e. The van der Waals surface area contributed by atoms with Crippen LogP contribution in [0.25, 0.3) is 0 Å². The molecule has 27 heavy (non-hydrogen) atoms. The Kier molecular flexibility index (Phi) is 6.96. The first-order valence-electron chi connectivity index (χ1n) is 8.78. The maximum atomic E-state index is 14.1. The van der Waals surface area contributed by atoms with Crippen molar-refractivity contribution >= 4 is 21.6 Å². The van der Waals surface area contributed by atoms with Gasteiger partial charge in [0, 0.05) is 6.04 Å². The Morgan fingerprint density at radius 1 is 1.07 bits per heavy atom. The molecule has 0 unspecified atom stereocenters. The maximum absolute atomic E-state index is 14.1. The summed E-state index contributed by atoms with van der Waals surface area (Å²) in [5.41, 5.74) is 1.02. The predicted octanol–water partition coefficient (Wildman–Crippen LogP) is 3.12. The maximum Gasteiger partial charge on any atom is 0.243 e. The molecule has 0 heterocycles. The summed E-state index contributed by atoms with van der Waals surface area (Å²) in [6, 6.07) is 14.2. The second kappa shape index (κ2) is 8.99. The van der Waals surface area contributed by atoms with E-state index in [2.05, 4.69) is 5.32 Å². The Morgan fingerprint density at radius 3 is 2.26 bits per heavy atom. The van der Waals surface area contributed by atoms with Gasteiger partial charge in [-0.2, -0.15) is 0 Å². The van der Waals surface area contributed by atoms with Gasteiger partial charge in [-0.3, -0.25) is 9.10 Å². The molecule has 2 aromatic carbocycles. The van der Waals surface area contributed by atoms with E-state index < -0.39 is 27.8 Å². The number of carbonyl (C=O) groups is 1. The molecule has 0 aromatic heterocycles. The van der Waals surface area contributed by atoms with Crippen LogP contribution in [0.5, 0.6) is 0 Å². The summed E-state index contributed by atoms with van der Waals surface area (Å²) in [5, 5.41) is 2.82. The van der Waals surface area contributed by atoms with Crippen LogP contribution in [0.3, 0.4) is 0 Å². The van der Waals surface area contributed by atoms with Crippen molar-refractivity contribution in [3.63, 3.8) is 0 Å². The molecule has 0 aliphatic heterocycles. The lowest BCUT2D eigenvalue weighted by Crippen LogP contribution is -2.50. The van der Waals surface area contributed by atoms with E-state index in [1.807, 2.05) is 37.3 Å². The van der Waals surface area contributed by atoms with Crippen molar-refractivity contribution in [2.24, 2.45) is 0 Å². The van der Waals surface area contributed by atoms with Gasteiger partial charge in [-0.25, -0.2) is 12.8 Å². The van der Waals surface area contributed by atoms with Gasteiger partial charge in [-0.05, 0) is 44.4 Å². The smallest absolute Gasteiger partial charge is 0.243 e. The van der Waals surface area contributed by atoms with Crippen molar-refractivity contribution in [2.75, 3.05) is 10.6 Å². The highest BCUT2D eigenvalue weighted by Crippen LogP contribution is 2.24. The van der Waals surface area contributed by atoms with Crippen molar-refractivity contribution in [3.8, 4) is 0 Å². The van der Waals surface area contributed by atoms with Crippen LogP contribution >= 0.6 is 0 Å². The molecule has 0 radical (unpaired) electrons. The van der Waals surface area contributed by atoms with Crippen LogP contribution in [-0.2, 0) is 21.2 Å². The van der Waals surface area contributed by atoms with Crippen molar-refractivity contribution in [3.05, 3.63) is 66.0 Å². The van der Waals surface area contributed by atoms with Gasteiger partial charge < -0.3 is 5.32 Å². The zero-order valence-electron chi connectivity index (χ0n) is 15.7. The van der Waals surface area contributed by atoms with E-state index >= 15 is 0 Å². The van der Waals surface area contributed by atoms with Crippen LogP contribution in [-0.4, -0.2) is 32.7 Å². The lowest BCUT2D eigenvalue weighted by molar-refractivity contribution is -0.122. The van der Waals surface area contributed by atoms with E-state index in [-0.39, 0.29) is 11.7 Å². The number of halogens is 1. The van der Waals surface area contributed by atoms with Gasteiger partial charge in [0.25, 0.3) is 0 Å². The number of para-hydroxylation sites is 1. The molecule has 0 aliphatic carbocycles. The third-order valence-corrected chi connectivity index (χ3v) is 5.50. The first-order valence-corrected chi connectivity index (χ1v) is 10.6. The van der Waals surface area contributed by atoms with Crippen molar-refractivity contribution in [2.45, 2.75) is 38.8 Å². The van der Waals surface area contributed by atoms with Crippen molar-refractivity contribution in [1.82, 2.24) is 5.32 Å². The summed E-state index contributed by atoms with van der Waals surface area (Å²) in [7, 11) is -3.84. The SMILES string of the molecule is C[C@H](CCc1ccccc1)NC(=O)[C@@H](C)N(c1ccccc1F)S(C)(=O)=O. The van der Waals surface area contributed by atoms with Gasteiger partial charge in [-0.15, -0.1) is 0 Å². The molecule has 1 N–H and O–H groups in total. The molecule has 0 saturated carbocycles. The van der Waals surface area contributed by atoms with Crippen LogP contribution < -0.4 is 9.62 Å². The number of hydrogen-bond donors (Lipinski definition) is 1. The van der Waals surface area contributed by atoms with Gasteiger partial charge in [0.15, 0.2) is 0 Å². The number of anilines is 1. The second-order valence-electron chi connectivity index (χ2n) is 6.62. The van der Waals surface area contributed by atoms with Crippen molar-refractivity contribution in [1.29, 1.82) is 0 Å². The normalized spacial score (nSPS) is 13.6. The minimum absolute atomic E-state index is 0.139. The number of hydrogen-bond acceptors (Lipinski definition) is 3. The molecule has 146 valence electrons. The number of rotatable bonds is 8. The molecule has 5 nitrogen and oxygen atoms in total. The van der Waals surface area contributed by atoms with E-state index in [0.717, 1.165) is 22.5 Å². The Bertz CT molecular complexity index is 872. The number of carbonyl (C=O) groups excluding carboxylic acids is 1. The van der Waals surface area contributed by atoms with E-state index in [1.165, 1.54) is 31.2 Å². The van der Waals surface area contributed by atoms with Crippen LogP contribution in [0.2, 0.25) is 0 Å². The first kappa shape index (κ1) is 20.9. The number of sulfonamides is 1. The molecular formula is C20H25FN2O3S. The highest BCUT2D eigenvalue weighted by atomic mass is 32.2. The third kappa shape index (κ3) is 5.79. The van der Waals surface area contributed by atoms with Crippen LogP contribution in [0, 0.1) is 5.82 Å². The molecule has 0 spiro atoms. The number of aryl methyl sites for hydroxylation is 1. The fourth-order valence-corrected chi connectivity index (χ4v) is 4.05. The Labute approximate surface area is 160 Å². The highest BCUT2D eigenvalue weighted by Gasteiger charge is 2.31. The van der Waals surface area contributed by atoms with E-state index in [0.29, 0.717) is 6.42 Å². The largest absolute Gasteiger partial charge is 0.352 e. The lowest BCUT2D eigenvalue weighted by Gasteiger charge is -2.29. The molecular weight excluding hydrogens is 367 g/mol. The van der Waals surface area contributed by atoms with Crippen molar-refractivity contribution < 1.29 is 17.6 Å². The van der Waals surface area contributed by atoms with Crippen LogP contribution in [0.4, 0.5) is 10.1 Å². The lowest BCUT2D eigenvalue weighted by atomic mass is 10.1. The molecule has 0 bridgehead atoms. The van der Waals surface area contributed by atoms with Gasteiger partial charge in [0.1, 0.15) is 11.9 Å². The molecule has 2 rings (SSSR count). The average molecular weight is 392 g/mol. The monoisotopic (exact) mass is 392 g/mol. The standard InChI is InChI=1S/C20H25FN2O3S/c1-15(13-14-17-9-5-4-6-10-17)22-20(24)16(2)23(27(3,25)26)19-12-8-7-11-18(19)21/h4-12,15-16H,13-14H2,1-3H3,(H,22,24)/t15-,16-/m1/s1. The molecule has 7 heteroatoms. The summed E-state index contributed by atoms with van der Waals surface area (Å²) in [6.45, 7) is 3.31. The average Bonchev–Trinajstić information content (AvgIpc) is 2.61. The van der Waals surface area contributed by atoms with Crippen LogP contribution in [0.1, 0.15) is 25.8 Å². The molecule has 1 amide bonds. The first-order chi connectivity index (χ1) is 12.7. The van der Waals surface area contributed by atoms with E-state index in [1.54, 1.807) is 0 Å². The molecule has 2 atom stereocenters.